The van der Waals surface area contributed by atoms with E-state index in [0.717, 1.165) is 43.7 Å². The van der Waals surface area contributed by atoms with E-state index in [1.165, 1.54) is 0 Å². The molecule has 1 saturated carbocycles. The van der Waals surface area contributed by atoms with E-state index in [0.29, 0.717) is 41.4 Å². The number of nitrogens with one attached hydrogen (secondary N) is 2. The van der Waals surface area contributed by atoms with Crippen molar-refractivity contribution >= 4 is 34.4 Å². The average Bonchev–Trinajstić information content (AvgIpc) is 3.26. The molecular formula is C25H28ClN5O4. The molecular weight excluding hydrogens is 470 g/mol. The van der Waals surface area contributed by atoms with Crippen LogP contribution in [0.2, 0.25) is 5.02 Å². The van der Waals surface area contributed by atoms with Gasteiger partial charge < -0.3 is 20.1 Å². The molecule has 2 aromatic heterocycles. The number of nitrogens with zero attached hydrogens (tertiary/aromatic N) is 3. The van der Waals surface area contributed by atoms with Crippen molar-refractivity contribution in [2.24, 2.45) is 0 Å². The first-order valence-electron chi connectivity index (χ1n) is 12.0. The van der Waals surface area contributed by atoms with Crippen LogP contribution in [-0.2, 0) is 10.2 Å². The third kappa shape index (κ3) is 3.82. The lowest BCUT2D eigenvalue weighted by Crippen LogP contribution is -2.47. The largest absolute Gasteiger partial charge is 0.491 e. The van der Waals surface area contributed by atoms with E-state index in [1.807, 2.05) is 12.1 Å². The standard InChI is InChI=1S/C25H28ClN5O4/c1-24(34)12-16(13-24)31-21-20(29-23(31)33)11-17(14-27-21)35-9-8-30-6-4-25(5-7-30)18-10-15(26)2-3-19(18)28-22(25)32/h2-3,10-11,14,16,34H,4-9,12-13H2,1H3,(H,28,32)(H,29,33). The molecule has 0 atom stereocenters. The summed E-state index contributed by atoms with van der Waals surface area (Å²) in [6.45, 7) is 4.57. The number of rotatable bonds is 5. The molecule has 6 rings (SSSR count). The second kappa shape index (κ2) is 8.08. The minimum atomic E-state index is -0.719. The maximum Gasteiger partial charge on any atom is 0.327 e. The van der Waals surface area contributed by atoms with Gasteiger partial charge in [0, 0.05) is 29.4 Å². The number of anilines is 1. The van der Waals surface area contributed by atoms with E-state index in [-0.39, 0.29) is 17.6 Å². The van der Waals surface area contributed by atoms with Gasteiger partial charge in [-0.25, -0.2) is 9.78 Å². The van der Waals surface area contributed by atoms with Crippen molar-refractivity contribution in [2.75, 3.05) is 31.6 Å². The second-order valence-electron chi connectivity index (χ2n) is 10.3. The van der Waals surface area contributed by atoms with Gasteiger partial charge in [0.05, 0.1) is 22.7 Å². The van der Waals surface area contributed by atoms with Crippen molar-refractivity contribution in [3.8, 4) is 5.75 Å². The maximum absolute atomic E-state index is 12.8. The van der Waals surface area contributed by atoms with Gasteiger partial charge in [-0.1, -0.05) is 11.6 Å². The lowest BCUT2D eigenvalue weighted by Gasteiger charge is -2.41. The number of likely N-dealkylation sites (tertiary alicyclic amines) is 1. The van der Waals surface area contributed by atoms with Crippen molar-refractivity contribution in [3.05, 3.63) is 51.5 Å². The van der Waals surface area contributed by atoms with Crippen LogP contribution in [0.1, 0.15) is 44.2 Å². The number of halogens is 1. The molecule has 1 amide bonds. The van der Waals surface area contributed by atoms with Crippen LogP contribution < -0.4 is 15.7 Å². The first-order chi connectivity index (χ1) is 16.7. The molecule has 2 aliphatic heterocycles. The first-order valence-corrected chi connectivity index (χ1v) is 12.4. The molecule has 4 heterocycles. The molecule has 1 saturated heterocycles. The molecule has 2 fully saturated rings. The van der Waals surface area contributed by atoms with E-state index >= 15 is 0 Å². The Morgan fingerprint density at radius 2 is 2.00 bits per heavy atom. The summed E-state index contributed by atoms with van der Waals surface area (Å²) in [7, 11) is 0. The molecule has 10 heteroatoms. The van der Waals surface area contributed by atoms with Crippen molar-refractivity contribution in [1.29, 1.82) is 0 Å². The van der Waals surface area contributed by atoms with Crippen molar-refractivity contribution in [2.45, 2.75) is 49.7 Å². The molecule has 3 aromatic rings. The molecule has 0 bridgehead atoms. The van der Waals surface area contributed by atoms with Crippen LogP contribution >= 0.6 is 11.6 Å². The highest BCUT2D eigenvalue weighted by atomic mass is 35.5. The number of aliphatic hydroxyl groups is 1. The van der Waals surface area contributed by atoms with Gasteiger partial charge in [-0.3, -0.25) is 14.3 Å². The fourth-order valence-corrected chi connectivity index (χ4v) is 6.05. The SMILES string of the molecule is CC1(O)CC(n2c(=O)[nH]c3cc(OCCN4CCC5(CC4)C(=O)Nc4ccc(Cl)cc45)cnc32)C1. The Morgan fingerprint density at radius 1 is 1.23 bits per heavy atom. The van der Waals surface area contributed by atoms with E-state index in [4.69, 9.17) is 16.3 Å². The Morgan fingerprint density at radius 3 is 2.74 bits per heavy atom. The molecule has 0 unspecified atom stereocenters. The van der Waals surface area contributed by atoms with Crippen LogP contribution in [0.3, 0.4) is 0 Å². The lowest BCUT2D eigenvalue weighted by atomic mass is 9.73. The highest BCUT2D eigenvalue weighted by molar-refractivity contribution is 6.31. The number of H-pyrrole nitrogens is 1. The Balaban J connectivity index is 1.07. The number of imidazole rings is 1. The number of benzene rings is 1. The normalized spacial score (nSPS) is 25.5. The average molecular weight is 498 g/mol. The summed E-state index contributed by atoms with van der Waals surface area (Å²) in [6, 6.07) is 7.36. The Labute approximate surface area is 207 Å². The zero-order chi connectivity index (χ0) is 24.4. The second-order valence-corrected chi connectivity index (χ2v) is 10.8. The molecule has 1 spiro atoms. The van der Waals surface area contributed by atoms with Gasteiger partial charge in [0.25, 0.3) is 0 Å². The van der Waals surface area contributed by atoms with Gasteiger partial charge in [-0.05, 0) is 69.5 Å². The van der Waals surface area contributed by atoms with Crippen LogP contribution in [0, 0.1) is 0 Å². The minimum Gasteiger partial charge on any atom is -0.491 e. The predicted molar refractivity (Wildman–Crippen MR) is 132 cm³/mol. The van der Waals surface area contributed by atoms with Crippen LogP contribution in [0.25, 0.3) is 11.2 Å². The first kappa shape index (κ1) is 22.6. The fourth-order valence-electron chi connectivity index (χ4n) is 5.88. The zero-order valence-electron chi connectivity index (χ0n) is 19.5. The summed E-state index contributed by atoms with van der Waals surface area (Å²) >= 11 is 6.21. The highest BCUT2D eigenvalue weighted by Gasteiger charge is 2.48. The minimum absolute atomic E-state index is 0.0437. The van der Waals surface area contributed by atoms with Gasteiger partial charge in [-0.2, -0.15) is 0 Å². The molecule has 35 heavy (non-hydrogen) atoms. The molecule has 184 valence electrons. The third-order valence-corrected chi connectivity index (χ3v) is 8.05. The van der Waals surface area contributed by atoms with Gasteiger partial charge >= 0.3 is 5.69 Å². The Hall–Kier alpha value is -2.88. The number of amides is 1. The summed E-state index contributed by atoms with van der Waals surface area (Å²) in [6.07, 6.45) is 4.19. The van der Waals surface area contributed by atoms with Crippen LogP contribution in [0.4, 0.5) is 5.69 Å². The van der Waals surface area contributed by atoms with Gasteiger partial charge in [-0.15, -0.1) is 0 Å². The number of aromatic nitrogens is 3. The lowest BCUT2D eigenvalue weighted by molar-refractivity contribution is -0.122. The monoisotopic (exact) mass is 497 g/mol. The Kier molecular flexibility index (Phi) is 5.21. The van der Waals surface area contributed by atoms with Crippen molar-refractivity contribution in [1.82, 2.24) is 19.4 Å². The summed E-state index contributed by atoms with van der Waals surface area (Å²) in [5.74, 6) is 0.662. The number of hydrogen-bond donors (Lipinski definition) is 3. The van der Waals surface area contributed by atoms with Gasteiger partial charge in [0.2, 0.25) is 5.91 Å². The van der Waals surface area contributed by atoms with E-state index in [9.17, 15) is 14.7 Å². The van der Waals surface area contributed by atoms with Crippen LogP contribution in [-0.4, -0.2) is 62.3 Å². The van der Waals surface area contributed by atoms with Gasteiger partial charge in [0.1, 0.15) is 12.4 Å². The quantitative estimate of drug-likeness (QED) is 0.499. The molecule has 3 N–H and O–H groups in total. The predicted octanol–water partition coefficient (Wildman–Crippen LogP) is 2.83. The Bertz CT molecular complexity index is 1360. The van der Waals surface area contributed by atoms with E-state index in [1.54, 1.807) is 29.8 Å². The highest BCUT2D eigenvalue weighted by Crippen LogP contribution is 2.46. The number of carbonyl (C=O) groups is 1. The summed E-state index contributed by atoms with van der Waals surface area (Å²) < 4.78 is 7.57. The summed E-state index contributed by atoms with van der Waals surface area (Å²) in [4.78, 5) is 34.9. The van der Waals surface area contributed by atoms with Crippen LogP contribution in [0.5, 0.6) is 5.75 Å². The molecule has 9 nitrogen and oxygen atoms in total. The number of ether oxygens (including phenoxy) is 1. The smallest absolute Gasteiger partial charge is 0.327 e. The van der Waals surface area contributed by atoms with E-state index < -0.39 is 11.0 Å². The zero-order valence-corrected chi connectivity index (χ0v) is 20.3. The van der Waals surface area contributed by atoms with Crippen LogP contribution in [0.15, 0.2) is 35.3 Å². The van der Waals surface area contributed by atoms with E-state index in [2.05, 4.69) is 20.2 Å². The number of fused-ring (bicyclic) bond motifs is 3. The summed E-state index contributed by atoms with van der Waals surface area (Å²) in [5.41, 5.74) is 1.65. The molecule has 1 aliphatic carbocycles. The fraction of sp³-hybridized carbons (Fsp3) is 0.480. The number of aromatic amines is 1. The van der Waals surface area contributed by atoms with Crippen molar-refractivity contribution in [3.63, 3.8) is 0 Å². The third-order valence-electron chi connectivity index (χ3n) is 7.81. The van der Waals surface area contributed by atoms with Gasteiger partial charge in [0.15, 0.2) is 5.65 Å². The summed E-state index contributed by atoms with van der Waals surface area (Å²) in [5, 5.41) is 13.7. The topological polar surface area (TPSA) is 112 Å². The molecule has 0 radical (unpaired) electrons. The maximum atomic E-state index is 12.8. The van der Waals surface area contributed by atoms with Crippen molar-refractivity contribution < 1.29 is 14.6 Å². The number of carbonyl (C=O) groups excluding carboxylic acids is 1. The number of pyridine rings is 1. The number of hydrogen-bond acceptors (Lipinski definition) is 6. The molecule has 1 aromatic carbocycles. The number of piperidine rings is 1. The molecule has 3 aliphatic rings.